The van der Waals surface area contributed by atoms with E-state index in [2.05, 4.69) is 35.4 Å². The molecule has 2 unspecified atom stereocenters. The van der Waals surface area contributed by atoms with Gasteiger partial charge in [0.15, 0.2) is 0 Å². The number of unbranched alkanes of at least 4 members (excludes halogenated alkanes) is 26. The van der Waals surface area contributed by atoms with Gasteiger partial charge >= 0.3 is 0 Å². The fourth-order valence-corrected chi connectivity index (χ4v) is 7.42. The highest BCUT2D eigenvalue weighted by Crippen LogP contribution is 2.14. The molecule has 0 aliphatic heterocycles. The van der Waals surface area contributed by atoms with Gasteiger partial charge in [-0.25, -0.2) is 18.3 Å². The molecule has 0 bridgehead atoms. The van der Waals surface area contributed by atoms with Crippen molar-refractivity contribution in [2.24, 2.45) is 0 Å². The molecule has 0 saturated heterocycles. The van der Waals surface area contributed by atoms with Gasteiger partial charge in [-0.1, -0.05) is 181 Å². The van der Waals surface area contributed by atoms with E-state index in [0.29, 0.717) is 26.3 Å². The number of nitrogens with zero attached hydrogens (tertiary/aromatic N) is 4. The van der Waals surface area contributed by atoms with Crippen LogP contribution in [0.1, 0.15) is 194 Å². The summed E-state index contributed by atoms with van der Waals surface area (Å²) in [6.07, 6.45) is 49.2. The van der Waals surface area contributed by atoms with Crippen LogP contribution in [-0.2, 0) is 35.7 Å². The van der Waals surface area contributed by atoms with Gasteiger partial charge in [-0.15, -0.1) is 0 Å². The predicted molar refractivity (Wildman–Crippen MR) is 224 cm³/mol. The number of aromatic nitrogens is 4. The van der Waals surface area contributed by atoms with Gasteiger partial charge < -0.3 is 19.7 Å². The molecular weight excluding hydrogens is 673 g/mol. The van der Waals surface area contributed by atoms with Gasteiger partial charge in [-0.3, -0.25) is 0 Å². The van der Waals surface area contributed by atoms with Gasteiger partial charge in [-0.2, -0.15) is 0 Å². The molecule has 2 N–H and O–H groups in total. The number of rotatable bonds is 41. The smallest absolute Gasteiger partial charge is 0.243 e. The molecule has 2 aromatic heterocycles. The number of aliphatic hydroxyl groups excluding tert-OH is 2. The highest BCUT2D eigenvalue weighted by Gasteiger charge is 2.14. The van der Waals surface area contributed by atoms with Crippen LogP contribution < -0.4 is 9.13 Å². The van der Waals surface area contributed by atoms with Crippen LogP contribution in [0.2, 0.25) is 0 Å². The zero-order valence-electron chi connectivity index (χ0n) is 35.6. The molecule has 0 fully saturated rings. The lowest BCUT2D eigenvalue weighted by molar-refractivity contribution is -0.703. The van der Waals surface area contributed by atoms with Crippen LogP contribution in [0.25, 0.3) is 0 Å². The average Bonchev–Trinajstić information content (AvgIpc) is 3.82. The second-order valence-corrected chi connectivity index (χ2v) is 16.3. The van der Waals surface area contributed by atoms with E-state index in [1.54, 1.807) is 0 Å². The van der Waals surface area contributed by atoms with Crippen molar-refractivity contribution in [1.82, 2.24) is 9.13 Å². The van der Waals surface area contributed by atoms with Gasteiger partial charge in [0.2, 0.25) is 12.7 Å². The maximum absolute atomic E-state index is 10.5. The zero-order chi connectivity index (χ0) is 38.6. The minimum absolute atomic E-state index is 0.385. The Kier molecular flexibility index (Phi) is 32.0. The second-order valence-electron chi connectivity index (χ2n) is 16.3. The minimum Gasteiger partial charge on any atom is -0.387 e. The standard InChI is InChI=1S/C46H88N4O4/c1-3-5-7-9-11-13-15-17-19-21-23-25-27-29-37-53-41-45(51)39-49-35-33-47(43-49)31-32-48-34-36-50(44-48)40-46(52)42-54-38-30-28-26-24-22-20-18-16-14-12-10-8-6-4-2/h33-36,43-46,51-52H,3-32,37-42H2,1-2H3/q+2. The molecule has 0 aromatic carbocycles. The number of aryl methyl sites for hydroxylation is 2. The largest absolute Gasteiger partial charge is 0.387 e. The topological polar surface area (TPSA) is 76.5 Å². The molecule has 2 heterocycles. The van der Waals surface area contributed by atoms with Crippen molar-refractivity contribution in [3.8, 4) is 0 Å². The first-order chi connectivity index (χ1) is 26.6. The normalized spacial score (nSPS) is 12.9. The van der Waals surface area contributed by atoms with E-state index in [-0.39, 0.29) is 0 Å². The minimum atomic E-state index is -0.504. The summed E-state index contributed by atoms with van der Waals surface area (Å²) in [5.41, 5.74) is 0. The quantitative estimate of drug-likeness (QED) is 0.0523. The summed E-state index contributed by atoms with van der Waals surface area (Å²) in [6, 6.07) is 0. The van der Waals surface area contributed by atoms with E-state index in [1.165, 1.54) is 167 Å². The SMILES string of the molecule is CCCCCCCCCCCCCCCCOCC(O)C[n+]1ccn(CCn2cc[n+](CC(O)COCCCCCCCCCCCCCCCC)c2)c1. The first-order valence-electron chi connectivity index (χ1n) is 23.2. The van der Waals surface area contributed by atoms with Gasteiger partial charge in [0.1, 0.15) is 63.2 Å². The van der Waals surface area contributed by atoms with Gasteiger partial charge in [0.05, 0.1) is 13.2 Å². The van der Waals surface area contributed by atoms with E-state index in [4.69, 9.17) is 9.47 Å². The Labute approximate surface area is 333 Å². The zero-order valence-corrected chi connectivity index (χ0v) is 35.6. The van der Waals surface area contributed by atoms with Crippen molar-refractivity contribution in [2.75, 3.05) is 26.4 Å². The van der Waals surface area contributed by atoms with Crippen LogP contribution >= 0.6 is 0 Å². The fraction of sp³-hybridized carbons (Fsp3) is 0.870. The lowest BCUT2D eigenvalue weighted by atomic mass is 10.0. The monoisotopic (exact) mass is 761 g/mol. The summed E-state index contributed by atoms with van der Waals surface area (Å²) in [5.74, 6) is 0. The van der Waals surface area contributed by atoms with E-state index in [9.17, 15) is 10.2 Å². The molecular formula is C46H88N4O4+2. The molecule has 8 nitrogen and oxygen atoms in total. The molecule has 0 aliphatic rings. The molecule has 0 spiro atoms. The average molecular weight is 761 g/mol. The van der Waals surface area contributed by atoms with Crippen molar-refractivity contribution < 1.29 is 28.8 Å². The molecule has 314 valence electrons. The van der Waals surface area contributed by atoms with Gasteiger partial charge in [-0.05, 0) is 12.8 Å². The Morgan fingerprint density at radius 1 is 0.426 bits per heavy atom. The second kappa shape index (κ2) is 35.7. The molecule has 0 saturated carbocycles. The molecule has 54 heavy (non-hydrogen) atoms. The first-order valence-corrected chi connectivity index (χ1v) is 23.2. The van der Waals surface area contributed by atoms with Gasteiger partial charge in [0, 0.05) is 13.2 Å². The van der Waals surface area contributed by atoms with E-state index in [0.717, 1.165) is 39.1 Å². The lowest BCUT2D eigenvalue weighted by Gasteiger charge is -2.09. The van der Waals surface area contributed by atoms with Crippen molar-refractivity contribution in [3.05, 3.63) is 37.4 Å². The Morgan fingerprint density at radius 2 is 0.704 bits per heavy atom. The third-order valence-electron chi connectivity index (χ3n) is 10.9. The summed E-state index contributed by atoms with van der Waals surface area (Å²) >= 11 is 0. The van der Waals surface area contributed by atoms with Crippen LogP contribution in [0.4, 0.5) is 0 Å². The summed E-state index contributed by atoms with van der Waals surface area (Å²) < 4.78 is 19.9. The number of ether oxygens (including phenoxy) is 2. The Balaban J connectivity index is 1.39. The molecule has 2 atom stereocenters. The summed E-state index contributed by atoms with van der Waals surface area (Å²) in [4.78, 5) is 0. The molecule has 0 radical (unpaired) electrons. The summed E-state index contributed by atoms with van der Waals surface area (Å²) in [6.45, 7) is 9.55. The van der Waals surface area contributed by atoms with E-state index < -0.39 is 12.2 Å². The van der Waals surface area contributed by atoms with Crippen molar-refractivity contribution in [1.29, 1.82) is 0 Å². The number of hydrogen-bond acceptors (Lipinski definition) is 4. The van der Waals surface area contributed by atoms with Crippen LogP contribution in [0.3, 0.4) is 0 Å². The van der Waals surface area contributed by atoms with Crippen LogP contribution in [-0.4, -0.2) is 58.0 Å². The molecule has 0 amide bonds. The van der Waals surface area contributed by atoms with Crippen LogP contribution in [0, 0.1) is 0 Å². The molecule has 8 heteroatoms. The summed E-state index contributed by atoms with van der Waals surface area (Å²) in [7, 11) is 0. The number of hydrogen-bond donors (Lipinski definition) is 2. The van der Waals surface area contributed by atoms with E-state index in [1.807, 2.05) is 34.2 Å². The highest BCUT2D eigenvalue weighted by atomic mass is 16.5. The van der Waals surface area contributed by atoms with Crippen LogP contribution in [0.5, 0.6) is 0 Å². The first kappa shape index (κ1) is 48.4. The Hall–Kier alpha value is -1.74. The number of imidazole rings is 2. The lowest BCUT2D eigenvalue weighted by Crippen LogP contribution is -2.40. The fourth-order valence-electron chi connectivity index (χ4n) is 7.42. The molecule has 2 rings (SSSR count). The Bertz CT molecular complexity index is 977. The third-order valence-corrected chi connectivity index (χ3v) is 10.9. The number of aliphatic hydroxyl groups is 2. The maximum Gasteiger partial charge on any atom is 0.243 e. The third kappa shape index (κ3) is 28.6. The Morgan fingerprint density at radius 3 is 1.00 bits per heavy atom. The van der Waals surface area contributed by atoms with Gasteiger partial charge in [0.25, 0.3) is 0 Å². The highest BCUT2D eigenvalue weighted by molar-refractivity contribution is 4.70. The van der Waals surface area contributed by atoms with Crippen LogP contribution in [0.15, 0.2) is 37.4 Å². The molecule has 0 aliphatic carbocycles. The predicted octanol–water partition coefficient (Wildman–Crippen LogP) is 10.3. The van der Waals surface area contributed by atoms with Crippen molar-refractivity contribution in [2.45, 2.75) is 232 Å². The molecule has 2 aromatic rings. The van der Waals surface area contributed by atoms with E-state index >= 15 is 0 Å². The van der Waals surface area contributed by atoms with Crippen molar-refractivity contribution >= 4 is 0 Å². The maximum atomic E-state index is 10.5. The summed E-state index contributed by atoms with van der Waals surface area (Å²) in [5, 5.41) is 21.0. The van der Waals surface area contributed by atoms with Crippen molar-refractivity contribution in [3.63, 3.8) is 0 Å².